The van der Waals surface area contributed by atoms with Gasteiger partial charge in [0.25, 0.3) is 5.91 Å². The van der Waals surface area contributed by atoms with E-state index >= 15 is 0 Å². The molecule has 1 heterocycles. The highest BCUT2D eigenvalue weighted by Gasteiger charge is 2.30. The van der Waals surface area contributed by atoms with E-state index in [9.17, 15) is 9.90 Å². The normalized spacial score (nSPS) is 23.5. The van der Waals surface area contributed by atoms with Gasteiger partial charge in [-0.25, -0.2) is 0 Å². The van der Waals surface area contributed by atoms with Crippen molar-refractivity contribution in [1.29, 1.82) is 0 Å². The zero-order valence-electron chi connectivity index (χ0n) is 11.4. The standard InChI is InChI=1S/C15H20ClNO2/c1-10-3-6-13(14(16)7-10)15(19)17-8-12(9-18)5-4-11(17)2/h3,6-7,11-12,18H,4-5,8-9H2,1-2H3/t11-,12+/m0/s1. The third-order valence-corrected chi connectivity index (χ3v) is 4.17. The molecule has 0 bridgehead atoms. The fourth-order valence-corrected chi connectivity index (χ4v) is 2.88. The second-order valence-corrected chi connectivity index (χ2v) is 5.82. The van der Waals surface area contributed by atoms with Crippen LogP contribution in [-0.2, 0) is 0 Å². The summed E-state index contributed by atoms with van der Waals surface area (Å²) in [6.07, 6.45) is 1.91. The van der Waals surface area contributed by atoms with Gasteiger partial charge in [-0.05, 0) is 50.3 Å². The average Bonchev–Trinajstić information content (AvgIpc) is 2.38. The zero-order chi connectivity index (χ0) is 14.0. The maximum atomic E-state index is 12.6. The molecule has 4 heteroatoms. The van der Waals surface area contributed by atoms with Crippen molar-refractivity contribution in [2.75, 3.05) is 13.2 Å². The van der Waals surface area contributed by atoms with E-state index in [0.717, 1.165) is 18.4 Å². The Morgan fingerprint density at radius 2 is 2.21 bits per heavy atom. The molecular weight excluding hydrogens is 262 g/mol. The van der Waals surface area contributed by atoms with Gasteiger partial charge in [-0.15, -0.1) is 0 Å². The minimum Gasteiger partial charge on any atom is -0.396 e. The van der Waals surface area contributed by atoms with Gasteiger partial charge in [-0.1, -0.05) is 17.7 Å². The Morgan fingerprint density at radius 1 is 1.47 bits per heavy atom. The summed E-state index contributed by atoms with van der Waals surface area (Å²) >= 11 is 6.16. The largest absolute Gasteiger partial charge is 0.396 e. The topological polar surface area (TPSA) is 40.5 Å². The molecule has 0 saturated carbocycles. The number of nitrogens with zero attached hydrogens (tertiary/aromatic N) is 1. The quantitative estimate of drug-likeness (QED) is 0.905. The molecular formula is C15H20ClNO2. The van der Waals surface area contributed by atoms with E-state index in [0.29, 0.717) is 17.1 Å². The predicted octanol–water partition coefficient (Wildman–Crippen LogP) is 2.88. The minimum absolute atomic E-state index is 0.0318. The summed E-state index contributed by atoms with van der Waals surface area (Å²) in [7, 11) is 0. The van der Waals surface area contributed by atoms with Crippen LogP contribution < -0.4 is 0 Å². The highest BCUT2D eigenvalue weighted by atomic mass is 35.5. The van der Waals surface area contributed by atoms with Crippen molar-refractivity contribution in [1.82, 2.24) is 4.90 Å². The van der Waals surface area contributed by atoms with Crippen molar-refractivity contribution < 1.29 is 9.90 Å². The third kappa shape index (κ3) is 3.10. The fraction of sp³-hybridized carbons (Fsp3) is 0.533. The number of halogens is 1. The lowest BCUT2D eigenvalue weighted by Crippen LogP contribution is -2.46. The zero-order valence-corrected chi connectivity index (χ0v) is 12.2. The summed E-state index contributed by atoms with van der Waals surface area (Å²) in [5.41, 5.74) is 1.60. The number of aliphatic hydroxyl groups excluding tert-OH is 1. The molecule has 1 saturated heterocycles. The minimum atomic E-state index is -0.0318. The lowest BCUT2D eigenvalue weighted by Gasteiger charge is -2.37. The molecule has 2 atom stereocenters. The average molecular weight is 282 g/mol. The Bertz CT molecular complexity index is 475. The molecule has 1 N–H and O–H groups in total. The molecule has 1 amide bonds. The highest BCUT2D eigenvalue weighted by Crippen LogP contribution is 2.26. The summed E-state index contributed by atoms with van der Waals surface area (Å²) in [4.78, 5) is 14.4. The van der Waals surface area contributed by atoms with Crippen LogP contribution in [0.3, 0.4) is 0 Å². The SMILES string of the molecule is Cc1ccc(C(=O)N2C[C@H](CO)CC[C@@H]2C)c(Cl)c1. The molecule has 3 nitrogen and oxygen atoms in total. The van der Waals surface area contributed by atoms with E-state index < -0.39 is 0 Å². The molecule has 0 spiro atoms. The number of carbonyl (C=O) groups is 1. The summed E-state index contributed by atoms with van der Waals surface area (Å²) in [5.74, 6) is 0.153. The number of piperidine rings is 1. The van der Waals surface area contributed by atoms with Crippen LogP contribution in [0, 0.1) is 12.8 Å². The first kappa shape index (κ1) is 14.4. The Labute approximate surface area is 119 Å². The molecule has 0 radical (unpaired) electrons. The number of hydrogen-bond donors (Lipinski definition) is 1. The van der Waals surface area contributed by atoms with E-state index in [2.05, 4.69) is 0 Å². The van der Waals surface area contributed by atoms with Gasteiger partial charge in [0, 0.05) is 19.2 Å². The Morgan fingerprint density at radius 3 is 2.84 bits per heavy atom. The van der Waals surface area contributed by atoms with Gasteiger partial charge in [0.15, 0.2) is 0 Å². The number of rotatable bonds is 2. The number of aliphatic hydroxyl groups is 1. The van der Waals surface area contributed by atoms with Crippen LogP contribution in [0.15, 0.2) is 18.2 Å². The predicted molar refractivity (Wildman–Crippen MR) is 76.5 cm³/mol. The summed E-state index contributed by atoms with van der Waals surface area (Å²) in [6.45, 7) is 4.75. The van der Waals surface area contributed by atoms with Gasteiger partial charge in [-0.3, -0.25) is 4.79 Å². The van der Waals surface area contributed by atoms with Crippen LogP contribution in [0.25, 0.3) is 0 Å². The van der Waals surface area contributed by atoms with Crippen molar-refractivity contribution in [2.24, 2.45) is 5.92 Å². The second-order valence-electron chi connectivity index (χ2n) is 5.42. The molecule has 0 aliphatic carbocycles. The summed E-state index contributed by atoms with van der Waals surface area (Å²) in [6, 6.07) is 5.70. The van der Waals surface area contributed by atoms with Crippen molar-refractivity contribution in [3.63, 3.8) is 0 Å². The third-order valence-electron chi connectivity index (χ3n) is 3.85. The van der Waals surface area contributed by atoms with E-state index in [1.165, 1.54) is 0 Å². The number of carbonyl (C=O) groups excluding carboxylic acids is 1. The Balaban J connectivity index is 2.22. The van der Waals surface area contributed by atoms with Crippen LogP contribution in [0.1, 0.15) is 35.7 Å². The highest BCUT2D eigenvalue weighted by molar-refractivity contribution is 6.33. The van der Waals surface area contributed by atoms with Crippen LogP contribution in [-0.4, -0.2) is 35.1 Å². The Kier molecular flexibility index (Phi) is 4.48. The molecule has 1 aliphatic rings. The monoisotopic (exact) mass is 281 g/mol. The second kappa shape index (κ2) is 5.93. The van der Waals surface area contributed by atoms with E-state index in [1.807, 2.05) is 30.9 Å². The number of aryl methyl sites for hydroxylation is 1. The molecule has 1 aromatic rings. The van der Waals surface area contributed by atoms with Gasteiger partial charge in [0.2, 0.25) is 0 Å². The molecule has 2 rings (SSSR count). The van der Waals surface area contributed by atoms with Crippen LogP contribution in [0.2, 0.25) is 5.02 Å². The smallest absolute Gasteiger partial charge is 0.255 e. The van der Waals surface area contributed by atoms with Gasteiger partial charge in [0.1, 0.15) is 0 Å². The van der Waals surface area contributed by atoms with E-state index in [-0.39, 0.29) is 24.5 Å². The molecule has 19 heavy (non-hydrogen) atoms. The summed E-state index contributed by atoms with van der Waals surface area (Å²) < 4.78 is 0. The Hall–Kier alpha value is -1.06. The number of likely N-dealkylation sites (tertiary alicyclic amines) is 1. The molecule has 1 fully saturated rings. The van der Waals surface area contributed by atoms with E-state index in [4.69, 9.17) is 11.6 Å². The van der Waals surface area contributed by atoms with Gasteiger partial charge < -0.3 is 10.0 Å². The number of hydrogen-bond acceptors (Lipinski definition) is 2. The number of amides is 1. The maximum Gasteiger partial charge on any atom is 0.255 e. The lowest BCUT2D eigenvalue weighted by molar-refractivity contribution is 0.0489. The first-order valence-electron chi connectivity index (χ1n) is 6.71. The first-order valence-corrected chi connectivity index (χ1v) is 7.08. The number of benzene rings is 1. The van der Waals surface area contributed by atoms with Crippen molar-refractivity contribution >= 4 is 17.5 Å². The van der Waals surface area contributed by atoms with Gasteiger partial charge in [0.05, 0.1) is 10.6 Å². The van der Waals surface area contributed by atoms with Crippen molar-refractivity contribution in [2.45, 2.75) is 32.7 Å². The molecule has 0 aromatic heterocycles. The van der Waals surface area contributed by atoms with Crippen LogP contribution in [0.4, 0.5) is 0 Å². The van der Waals surface area contributed by atoms with Crippen molar-refractivity contribution in [3.05, 3.63) is 34.3 Å². The molecule has 1 aromatic carbocycles. The molecule has 1 aliphatic heterocycles. The summed E-state index contributed by atoms with van der Waals surface area (Å²) in [5, 5.41) is 9.78. The van der Waals surface area contributed by atoms with Gasteiger partial charge >= 0.3 is 0 Å². The van der Waals surface area contributed by atoms with Crippen LogP contribution >= 0.6 is 11.6 Å². The maximum absolute atomic E-state index is 12.6. The fourth-order valence-electron chi connectivity index (χ4n) is 2.56. The molecule has 104 valence electrons. The van der Waals surface area contributed by atoms with Crippen LogP contribution in [0.5, 0.6) is 0 Å². The first-order chi connectivity index (χ1) is 9.02. The van der Waals surface area contributed by atoms with Crippen molar-refractivity contribution in [3.8, 4) is 0 Å². The molecule has 0 unspecified atom stereocenters. The van der Waals surface area contributed by atoms with E-state index in [1.54, 1.807) is 6.07 Å². The lowest BCUT2D eigenvalue weighted by atomic mass is 9.93. The van der Waals surface area contributed by atoms with Gasteiger partial charge in [-0.2, -0.15) is 0 Å².